The molecule has 0 heterocycles. The second kappa shape index (κ2) is 11.4. The lowest BCUT2D eigenvalue weighted by atomic mass is 10.1. The van der Waals surface area contributed by atoms with E-state index >= 15 is 0 Å². The zero-order valence-corrected chi connectivity index (χ0v) is 19.3. The van der Waals surface area contributed by atoms with Gasteiger partial charge in [0.1, 0.15) is 17.3 Å². The van der Waals surface area contributed by atoms with Gasteiger partial charge in [-0.25, -0.2) is 4.39 Å². The van der Waals surface area contributed by atoms with Crippen LogP contribution in [0.25, 0.3) is 0 Å². The second-order valence-electron chi connectivity index (χ2n) is 8.23. The lowest BCUT2D eigenvalue weighted by molar-refractivity contribution is -0.137. The molecule has 182 valence electrons. The first-order chi connectivity index (χ1) is 16.2. The van der Waals surface area contributed by atoms with Crippen LogP contribution < -0.4 is 9.64 Å². The minimum absolute atomic E-state index is 0.000478. The maximum atomic E-state index is 14.6. The largest absolute Gasteiger partial charge is 0.457 e. The van der Waals surface area contributed by atoms with Gasteiger partial charge in [-0.1, -0.05) is 44.5 Å². The summed E-state index contributed by atoms with van der Waals surface area (Å²) in [6.45, 7) is 4.20. The van der Waals surface area contributed by atoms with Crippen molar-refractivity contribution < 1.29 is 27.4 Å². The molecule has 34 heavy (non-hydrogen) atoms. The molecule has 0 aliphatic rings. The van der Waals surface area contributed by atoms with Crippen LogP contribution in [0.3, 0.4) is 0 Å². The molecule has 0 bridgehead atoms. The van der Waals surface area contributed by atoms with E-state index in [2.05, 4.69) is 6.92 Å². The van der Waals surface area contributed by atoms with Crippen molar-refractivity contribution in [3.05, 3.63) is 89.2 Å². The molecular weight excluding hydrogens is 446 g/mol. The highest BCUT2D eigenvalue weighted by atomic mass is 19.4. The van der Waals surface area contributed by atoms with Gasteiger partial charge in [0.05, 0.1) is 11.7 Å². The van der Waals surface area contributed by atoms with Gasteiger partial charge in [0, 0.05) is 30.4 Å². The lowest BCUT2D eigenvalue weighted by Gasteiger charge is -2.28. The number of hydrogen-bond donors (Lipinski definition) is 1. The summed E-state index contributed by atoms with van der Waals surface area (Å²) in [5.41, 5.74) is 0.879. The van der Waals surface area contributed by atoms with Gasteiger partial charge in [-0.05, 0) is 54.8 Å². The molecule has 3 aromatic rings. The highest BCUT2D eigenvalue weighted by Crippen LogP contribution is 2.32. The molecule has 0 aromatic heterocycles. The minimum Gasteiger partial charge on any atom is -0.457 e. The zero-order chi connectivity index (χ0) is 24.7. The van der Waals surface area contributed by atoms with Crippen molar-refractivity contribution in [3.63, 3.8) is 0 Å². The van der Waals surface area contributed by atoms with Crippen LogP contribution in [-0.2, 0) is 19.1 Å². The maximum Gasteiger partial charge on any atom is 0.416 e. The fourth-order valence-corrected chi connectivity index (χ4v) is 3.71. The van der Waals surface area contributed by atoms with Gasteiger partial charge in [0.25, 0.3) is 0 Å². The highest BCUT2D eigenvalue weighted by molar-refractivity contribution is 5.52. The van der Waals surface area contributed by atoms with Crippen molar-refractivity contribution in [2.75, 3.05) is 11.4 Å². The Hall–Kier alpha value is -3.06. The summed E-state index contributed by atoms with van der Waals surface area (Å²) in [7, 11) is 0. The van der Waals surface area contributed by atoms with E-state index in [1.165, 1.54) is 0 Å². The van der Waals surface area contributed by atoms with E-state index in [4.69, 9.17) is 4.74 Å². The van der Waals surface area contributed by atoms with Crippen molar-refractivity contribution in [1.29, 1.82) is 0 Å². The smallest absolute Gasteiger partial charge is 0.416 e. The topological polar surface area (TPSA) is 32.7 Å². The van der Waals surface area contributed by atoms with Gasteiger partial charge in [-0.15, -0.1) is 0 Å². The third kappa shape index (κ3) is 6.97. The summed E-state index contributed by atoms with van der Waals surface area (Å²) in [5.74, 6) is 0.310. The molecule has 0 saturated heterocycles. The molecule has 3 aromatic carbocycles. The number of benzene rings is 3. The molecule has 0 saturated carbocycles. The summed E-state index contributed by atoms with van der Waals surface area (Å²) in [6.07, 6.45) is -3.10. The molecule has 0 fully saturated rings. The van der Waals surface area contributed by atoms with Gasteiger partial charge in [-0.3, -0.25) is 0 Å². The Kier molecular flexibility index (Phi) is 8.56. The number of nitrogens with zero attached hydrogens (tertiary/aromatic N) is 1. The number of hydrogen-bond acceptors (Lipinski definition) is 3. The number of aliphatic hydroxyl groups excluding tert-OH is 1. The summed E-state index contributed by atoms with van der Waals surface area (Å²) in [6, 6.07) is 17.4. The second-order valence-corrected chi connectivity index (χ2v) is 8.23. The SMILES string of the molecule is CCCC(O)CN(Cc1ccc(C(F)(F)F)cc1F)c1cccc(Oc2cccc(CC)c2)c1. The first kappa shape index (κ1) is 25.6. The number of aryl methyl sites for hydroxylation is 1. The van der Waals surface area contributed by atoms with Gasteiger partial charge in [-0.2, -0.15) is 13.2 Å². The molecule has 0 radical (unpaired) electrons. The van der Waals surface area contributed by atoms with Crippen molar-refractivity contribution >= 4 is 5.69 Å². The van der Waals surface area contributed by atoms with Crippen molar-refractivity contribution in [1.82, 2.24) is 0 Å². The fourth-order valence-electron chi connectivity index (χ4n) is 3.71. The number of alkyl halides is 3. The normalized spacial score (nSPS) is 12.4. The van der Waals surface area contributed by atoms with Crippen LogP contribution in [0.1, 0.15) is 43.4 Å². The summed E-state index contributed by atoms with van der Waals surface area (Å²) >= 11 is 0. The third-order valence-electron chi connectivity index (χ3n) is 5.52. The molecular formula is C27H29F4NO2. The minimum atomic E-state index is -4.61. The average Bonchev–Trinajstić information content (AvgIpc) is 2.79. The van der Waals surface area contributed by atoms with Crippen molar-refractivity contribution in [2.45, 2.75) is 51.9 Å². The predicted octanol–water partition coefficient (Wildman–Crippen LogP) is 7.37. The molecule has 0 aliphatic carbocycles. The Balaban J connectivity index is 1.87. The standard InChI is InChI=1S/C27H29F4NO2/c1-3-7-23(33)18-32(17-20-12-13-21(15-26(20)28)27(29,30)31)22-9-6-11-25(16-22)34-24-10-5-8-19(4-2)14-24/h5-6,8-16,23,33H,3-4,7,17-18H2,1-2H3. The van der Waals surface area contributed by atoms with Crippen LogP contribution in [0, 0.1) is 5.82 Å². The number of ether oxygens (including phenoxy) is 1. The van der Waals surface area contributed by atoms with Gasteiger partial charge in [0.15, 0.2) is 0 Å². The molecule has 1 N–H and O–H groups in total. The zero-order valence-electron chi connectivity index (χ0n) is 19.3. The molecule has 0 aliphatic heterocycles. The predicted molar refractivity (Wildman–Crippen MR) is 126 cm³/mol. The monoisotopic (exact) mass is 475 g/mol. The lowest BCUT2D eigenvalue weighted by Crippen LogP contribution is -2.32. The molecule has 0 spiro atoms. The Bertz CT molecular complexity index is 1080. The van der Waals surface area contributed by atoms with Gasteiger partial charge < -0.3 is 14.7 Å². The van der Waals surface area contributed by atoms with E-state index in [1.807, 2.05) is 31.2 Å². The van der Waals surface area contributed by atoms with Crippen LogP contribution in [0.4, 0.5) is 23.2 Å². The van der Waals surface area contributed by atoms with E-state index < -0.39 is 23.7 Å². The van der Waals surface area contributed by atoms with Crippen LogP contribution in [0.5, 0.6) is 11.5 Å². The van der Waals surface area contributed by atoms with E-state index in [-0.39, 0.29) is 18.7 Å². The number of anilines is 1. The molecule has 1 atom stereocenters. The Labute approximate surface area is 197 Å². The highest BCUT2D eigenvalue weighted by Gasteiger charge is 2.31. The van der Waals surface area contributed by atoms with Crippen LogP contribution in [0.2, 0.25) is 0 Å². The number of rotatable bonds is 10. The first-order valence-electron chi connectivity index (χ1n) is 11.3. The van der Waals surface area contributed by atoms with Gasteiger partial charge in [0.2, 0.25) is 0 Å². The quantitative estimate of drug-likeness (QED) is 0.311. The summed E-state index contributed by atoms with van der Waals surface area (Å²) in [4.78, 5) is 1.75. The Morgan fingerprint density at radius 3 is 2.29 bits per heavy atom. The Morgan fingerprint density at radius 2 is 1.65 bits per heavy atom. The fraction of sp³-hybridized carbons (Fsp3) is 0.333. The summed E-state index contributed by atoms with van der Waals surface area (Å²) < 4.78 is 59.4. The van der Waals surface area contributed by atoms with Crippen LogP contribution >= 0.6 is 0 Å². The third-order valence-corrected chi connectivity index (χ3v) is 5.52. The number of aliphatic hydroxyl groups is 1. The summed E-state index contributed by atoms with van der Waals surface area (Å²) in [5, 5.41) is 10.4. The Morgan fingerprint density at radius 1 is 0.941 bits per heavy atom. The van der Waals surface area contributed by atoms with E-state index in [9.17, 15) is 22.7 Å². The van der Waals surface area contributed by atoms with E-state index in [0.29, 0.717) is 29.7 Å². The first-order valence-corrected chi connectivity index (χ1v) is 11.3. The average molecular weight is 476 g/mol. The van der Waals surface area contributed by atoms with E-state index in [0.717, 1.165) is 30.5 Å². The van der Waals surface area contributed by atoms with E-state index in [1.54, 1.807) is 29.2 Å². The number of halogens is 4. The molecule has 0 amide bonds. The van der Waals surface area contributed by atoms with Crippen molar-refractivity contribution in [2.24, 2.45) is 0 Å². The van der Waals surface area contributed by atoms with Crippen LogP contribution in [-0.4, -0.2) is 17.8 Å². The molecule has 3 nitrogen and oxygen atoms in total. The molecule has 7 heteroatoms. The molecule has 1 unspecified atom stereocenters. The van der Waals surface area contributed by atoms with Crippen molar-refractivity contribution in [3.8, 4) is 11.5 Å². The van der Waals surface area contributed by atoms with Crippen LogP contribution in [0.15, 0.2) is 66.7 Å². The maximum absolute atomic E-state index is 14.6. The van der Waals surface area contributed by atoms with Gasteiger partial charge >= 0.3 is 6.18 Å². The molecule has 3 rings (SSSR count).